The Kier molecular flexibility index (Phi) is 5.92. The minimum absolute atomic E-state index is 0.211. The highest BCUT2D eigenvalue weighted by atomic mass is 19.1. The molecule has 3 rings (SSSR count). The zero-order valence-electron chi connectivity index (χ0n) is 14.5. The number of aromatic amines is 1. The summed E-state index contributed by atoms with van der Waals surface area (Å²) in [5, 5.41) is 13.2. The first kappa shape index (κ1) is 17.6. The van der Waals surface area contributed by atoms with Gasteiger partial charge in [0.15, 0.2) is 11.8 Å². The highest BCUT2D eigenvalue weighted by molar-refractivity contribution is 5.79. The zero-order valence-corrected chi connectivity index (χ0v) is 14.5. The lowest BCUT2D eigenvalue weighted by molar-refractivity contribution is 0.625. The van der Waals surface area contributed by atoms with Crippen molar-refractivity contribution in [3.63, 3.8) is 0 Å². The second-order valence-corrected chi connectivity index (χ2v) is 5.77. The van der Waals surface area contributed by atoms with E-state index in [0.29, 0.717) is 19.0 Å². The molecular weight excluding hydrogens is 331 g/mol. The molecule has 2 aromatic carbocycles. The summed E-state index contributed by atoms with van der Waals surface area (Å²) in [6.45, 7) is 1.29. The first-order valence-corrected chi connectivity index (χ1v) is 8.38. The number of aromatic nitrogens is 3. The fraction of sp³-hybridized carbons (Fsp3) is 0.211. The lowest BCUT2D eigenvalue weighted by Gasteiger charge is -2.12. The monoisotopic (exact) mass is 352 g/mol. The Morgan fingerprint density at radius 2 is 1.96 bits per heavy atom. The van der Waals surface area contributed by atoms with Crippen molar-refractivity contribution in [3.05, 3.63) is 71.8 Å². The Bertz CT molecular complexity index is 860. The molecule has 0 aliphatic heterocycles. The topological polar surface area (TPSA) is 78.0 Å². The molecule has 0 atom stereocenters. The standard InChI is InChI=1S/C19H21FN6/c1-21-19(22-9-8-14-4-3-7-17(20)11-14)23-12-15-5-2-6-16(10-15)18-24-13-25-26-18/h2-7,10-11,13H,8-9,12H2,1H3,(H2,21,22,23)(H,24,25,26). The summed E-state index contributed by atoms with van der Waals surface area (Å²) in [5.74, 6) is 1.23. The minimum atomic E-state index is -0.211. The fourth-order valence-electron chi connectivity index (χ4n) is 2.60. The summed E-state index contributed by atoms with van der Waals surface area (Å²) in [5.41, 5.74) is 3.04. The van der Waals surface area contributed by atoms with Crippen LogP contribution in [0.15, 0.2) is 59.9 Å². The quantitative estimate of drug-likeness (QED) is 0.471. The van der Waals surface area contributed by atoms with Crippen molar-refractivity contribution < 1.29 is 4.39 Å². The largest absolute Gasteiger partial charge is 0.356 e. The van der Waals surface area contributed by atoms with Gasteiger partial charge < -0.3 is 10.6 Å². The van der Waals surface area contributed by atoms with Gasteiger partial charge in [-0.3, -0.25) is 10.1 Å². The van der Waals surface area contributed by atoms with Crippen LogP contribution in [0.4, 0.5) is 4.39 Å². The van der Waals surface area contributed by atoms with Gasteiger partial charge in [0.25, 0.3) is 0 Å². The molecule has 26 heavy (non-hydrogen) atoms. The number of nitrogens with one attached hydrogen (secondary N) is 3. The molecule has 0 fully saturated rings. The van der Waals surface area contributed by atoms with E-state index in [0.717, 1.165) is 28.9 Å². The molecule has 6 nitrogen and oxygen atoms in total. The van der Waals surface area contributed by atoms with Crippen LogP contribution in [0.1, 0.15) is 11.1 Å². The lowest BCUT2D eigenvalue weighted by Crippen LogP contribution is -2.37. The first-order chi connectivity index (χ1) is 12.7. The maximum absolute atomic E-state index is 13.2. The average molecular weight is 352 g/mol. The molecule has 1 heterocycles. The molecule has 3 aromatic rings. The van der Waals surface area contributed by atoms with Crippen LogP contribution in [-0.4, -0.2) is 34.7 Å². The van der Waals surface area contributed by atoms with E-state index in [2.05, 4.69) is 30.8 Å². The van der Waals surface area contributed by atoms with Crippen LogP contribution < -0.4 is 10.6 Å². The van der Waals surface area contributed by atoms with Crippen molar-refractivity contribution in [2.75, 3.05) is 13.6 Å². The van der Waals surface area contributed by atoms with Gasteiger partial charge in [-0.2, -0.15) is 5.10 Å². The predicted molar refractivity (Wildman–Crippen MR) is 100 cm³/mol. The summed E-state index contributed by atoms with van der Waals surface area (Å²) >= 11 is 0. The third-order valence-electron chi connectivity index (χ3n) is 3.89. The van der Waals surface area contributed by atoms with E-state index in [1.54, 1.807) is 19.2 Å². The molecule has 0 unspecified atom stereocenters. The number of guanidine groups is 1. The Balaban J connectivity index is 1.50. The van der Waals surface area contributed by atoms with Crippen LogP contribution in [0.25, 0.3) is 11.4 Å². The van der Waals surface area contributed by atoms with E-state index in [9.17, 15) is 4.39 Å². The molecule has 0 radical (unpaired) electrons. The van der Waals surface area contributed by atoms with E-state index in [4.69, 9.17) is 0 Å². The molecule has 134 valence electrons. The molecule has 0 aliphatic carbocycles. The van der Waals surface area contributed by atoms with Gasteiger partial charge in [-0.05, 0) is 35.7 Å². The summed E-state index contributed by atoms with van der Waals surface area (Å²) in [6.07, 6.45) is 2.21. The highest BCUT2D eigenvalue weighted by Gasteiger charge is 2.03. The van der Waals surface area contributed by atoms with Gasteiger partial charge in [0.1, 0.15) is 12.1 Å². The molecular formula is C19H21FN6. The lowest BCUT2D eigenvalue weighted by atomic mass is 10.1. The van der Waals surface area contributed by atoms with Crippen molar-refractivity contribution in [2.45, 2.75) is 13.0 Å². The van der Waals surface area contributed by atoms with Crippen LogP contribution in [-0.2, 0) is 13.0 Å². The highest BCUT2D eigenvalue weighted by Crippen LogP contribution is 2.15. The average Bonchev–Trinajstić information content (AvgIpc) is 3.20. The van der Waals surface area contributed by atoms with Gasteiger partial charge >= 0.3 is 0 Å². The molecule has 0 aliphatic rings. The van der Waals surface area contributed by atoms with Crippen molar-refractivity contribution >= 4 is 5.96 Å². The van der Waals surface area contributed by atoms with Crippen molar-refractivity contribution in [1.29, 1.82) is 0 Å². The SMILES string of the molecule is CN=C(NCCc1cccc(F)c1)NCc1cccc(-c2ncn[nH]2)c1. The molecule has 0 saturated carbocycles. The number of H-pyrrole nitrogens is 1. The third kappa shape index (κ3) is 4.89. The van der Waals surface area contributed by atoms with Crippen LogP contribution in [0.3, 0.4) is 0 Å². The zero-order chi connectivity index (χ0) is 18.2. The summed E-state index contributed by atoms with van der Waals surface area (Å²) in [4.78, 5) is 8.38. The first-order valence-electron chi connectivity index (χ1n) is 8.38. The molecule has 0 saturated heterocycles. The smallest absolute Gasteiger partial charge is 0.191 e. The summed E-state index contributed by atoms with van der Waals surface area (Å²) in [7, 11) is 1.72. The Morgan fingerprint density at radius 1 is 1.12 bits per heavy atom. The number of rotatable bonds is 6. The molecule has 1 aromatic heterocycles. The minimum Gasteiger partial charge on any atom is -0.356 e. The summed E-state index contributed by atoms with van der Waals surface area (Å²) < 4.78 is 13.2. The number of nitrogens with zero attached hydrogens (tertiary/aromatic N) is 3. The van der Waals surface area contributed by atoms with Crippen molar-refractivity contribution in [1.82, 2.24) is 25.8 Å². The van der Waals surface area contributed by atoms with Crippen LogP contribution in [0, 0.1) is 5.82 Å². The van der Waals surface area contributed by atoms with Crippen molar-refractivity contribution in [2.24, 2.45) is 4.99 Å². The molecule has 0 bridgehead atoms. The van der Waals surface area contributed by atoms with E-state index in [1.165, 1.54) is 12.4 Å². The van der Waals surface area contributed by atoms with Crippen LogP contribution in [0.5, 0.6) is 0 Å². The van der Waals surface area contributed by atoms with Gasteiger partial charge in [0, 0.05) is 25.7 Å². The second-order valence-electron chi connectivity index (χ2n) is 5.77. The predicted octanol–water partition coefficient (Wildman–Crippen LogP) is 2.52. The molecule has 0 spiro atoms. The van der Waals surface area contributed by atoms with Gasteiger partial charge in [0.2, 0.25) is 0 Å². The van der Waals surface area contributed by atoms with E-state index in [-0.39, 0.29) is 5.82 Å². The van der Waals surface area contributed by atoms with Crippen LogP contribution >= 0.6 is 0 Å². The summed E-state index contributed by atoms with van der Waals surface area (Å²) in [6, 6.07) is 14.7. The number of halogens is 1. The maximum atomic E-state index is 13.2. The van der Waals surface area contributed by atoms with E-state index in [1.807, 2.05) is 30.3 Å². The molecule has 0 amide bonds. The second kappa shape index (κ2) is 8.75. The number of hydrogen-bond donors (Lipinski definition) is 3. The van der Waals surface area contributed by atoms with Gasteiger partial charge in [-0.15, -0.1) is 0 Å². The Labute approximate surface area is 151 Å². The van der Waals surface area contributed by atoms with Gasteiger partial charge in [0.05, 0.1) is 0 Å². The van der Waals surface area contributed by atoms with E-state index >= 15 is 0 Å². The molecule has 3 N–H and O–H groups in total. The number of hydrogen-bond acceptors (Lipinski definition) is 3. The van der Waals surface area contributed by atoms with E-state index < -0.39 is 0 Å². The van der Waals surface area contributed by atoms with Gasteiger partial charge in [-0.1, -0.05) is 30.3 Å². The Morgan fingerprint density at radius 3 is 2.73 bits per heavy atom. The number of benzene rings is 2. The Hall–Kier alpha value is -3.22. The number of aliphatic imine (C=N–C) groups is 1. The third-order valence-corrected chi connectivity index (χ3v) is 3.89. The normalized spacial score (nSPS) is 11.4. The fourth-order valence-corrected chi connectivity index (χ4v) is 2.60. The van der Waals surface area contributed by atoms with Crippen molar-refractivity contribution in [3.8, 4) is 11.4 Å². The van der Waals surface area contributed by atoms with Crippen LogP contribution in [0.2, 0.25) is 0 Å². The van der Waals surface area contributed by atoms with Gasteiger partial charge in [-0.25, -0.2) is 9.37 Å². The maximum Gasteiger partial charge on any atom is 0.191 e. The molecule has 7 heteroatoms.